The molecule has 10 nitrogen and oxygen atoms in total. The van der Waals surface area contributed by atoms with Crippen molar-refractivity contribution in [2.75, 3.05) is 0 Å². The van der Waals surface area contributed by atoms with Gasteiger partial charge in [-0.1, -0.05) is 62.8 Å². The molecule has 13 heteroatoms. The lowest BCUT2D eigenvalue weighted by atomic mass is 9.81. The second-order valence-corrected chi connectivity index (χ2v) is 17.7. The Morgan fingerprint density at radius 2 is 1.91 bits per heavy atom. The zero-order valence-corrected chi connectivity index (χ0v) is 31.8. The molecule has 0 bridgehead atoms. The van der Waals surface area contributed by atoms with Crippen LogP contribution in [0.1, 0.15) is 103 Å². The molecule has 0 unspecified atom stereocenters. The van der Waals surface area contributed by atoms with E-state index < -0.39 is 46.6 Å². The number of cyclic esters (lactones) is 1. The number of aryl methyl sites for hydroxylation is 2. The lowest BCUT2D eigenvalue weighted by Gasteiger charge is -2.34. The number of benzene rings is 2. The van der Waals surface area contributed by atoms with Gasteiger partial charge in [-0.05, 0) is 83.7 Å². The van der Waals surface area contributed by atoms with Crippen LogP contribution in [0.25, 0.3) is 22.3 Å². The quantitative estimate of drug-likeness (QED) is 0.139. The number of pyridine rings is 2. The van der Waals surface area contributed by atoms with Crippen LogP contribution in [0.4, 0.5) is 9.18 Å². The predicted octanol–water partition coefficient (Wildman–Crippen LogP) is 7.25. The number of rotatable bonds is 5. The number of aromatic nitrogens is 2. The van der Waals surface area contributed by atoms with Gasteiger partial charge in [0.05, 0.1) is 40.3 Å². The molecule has 0 saturated heterocycles. The Morgan fingerprint density at radius 3 is 2.66 bits per heavy atom. The molecule has 4 aliphatic rings. The fourth-order valence-electron chi connectivity index (χ4n) is 8.16. The predicted molar refractivity (Wildman–Crippen MR) is 201 cm³/mol. The van der Waals surface area contributed by atoms with Crippen molar-refractivity contribution in [2.45, 2.75) is 103 Å². The number of ether oxygens (including phenoxy) is 2. The van der Waals surface area contributed by atoms with E-state index in [1.165, 1.54) is 33.2 Å². The number of hydrogen-bond acceptors (Lipinski definition) is 10. The number of hydrogen-bond donors (Lipinski definition) is 2. The SMILES string of the molecule is CC[C@@]1(O)C(=O)OCc2c1cc1n(c2=O)Cc2c-1nc1cc(F)c(C)c3c1c2[C@@H](NC(=O)O[C@@H]1CCc2ccccc2[C@H]1SSC(=O)C(C)(C)C)CC3. The first kappa shape index (κ1) is 35.8. The molecule has 4 heterocycles. The van der Waals surface area contributed by atoms with Crippen molar-refractivity contribution in [3.63, 3.8) is 0 Å². The van der Waals surface area contributed by atoms with Crippen LogP contribution in [0.2, 0.25) is 0 Å². The van der Waals surface area contributed by atoms with Crippen molar-refractivity contribution in [2.24, 2.45) is 5.41 Å². The molecular formula is C40H40FN3O7S2. The van der Waals surface area contributed by atoms with E-state index in [9.17, 15) is 24.3 Å². The zero-order valence-electron chi connectivity index (χ0n) is 30.1. The van der Waals surface area contributed by atoms with Gasteiger partial charge < -0.3 is 24.5 Å². The molecule has 1 amide bonds. The average Bonchev–Trinajstić information content (AvgIpc) is 3.50. The second-order valence-electron chi connectivity index (χ2n) is 15.4. The summed E-state index contributed by atoms with van der Waals surface area (Å²) < 4.78 is 28.4. The highest BCUT2D eigenvalue weighted by Gasteiger charge is 2.46. The van der Waals surface area contributed by atoms with E-state index in [2.05, 4.69) is 11.4 Å². The van der Waals surface area contributed by atoms with Crippen molar-refractivity contribution in [1.82, 2.24) is 14.9 Å². The van der Waals surface area contributed by atoms with Gasteiger partial charge in [-0.3, -0.25) is 9.59 Å². The molecule has 0 saturated carbocycles. The van der Waals surface area contributed by atoms with Crippen LogP contribution in [0, 0.1) is 18.2 Å². The third-order valence-electron chi connectivity index (χ3n) is 11.2. The van der Waals surface area contributed by atoms with E-state index in [0.29, 0.717) is 47.3 Å². The fraction of sp³-hybridized carbons (Fsp3) is 0.425. The summed E-state index contributed by atoms with van der Waals surface area (Å²) >= 11 is 0. The van der Waals surface area contributed by atoms with Crippen molar-refractivity contribution >= 4 is 49.7 Å². The molecule has 0 spiro atoms. The number of carbonyl (C=O) groups is 3. The molecule has 4 aromatic rings. The van der Waals surface area contributed by atoms with Gasteiger partial charge in [-0.15, -0.1) is 0 Å². The van der Waals surface area contributed by atoms with Crippen LogP contribution in [0.5, 0.6) is 0 Å². The first-order valence-electron chi connectivity index (χ1n) is 18.0. The van der Waals surface area contributed by atoms with Crippen molar-refractivity contribution < 1.29 is 33.4 Å². The number of nitrogens with one attached hydrogen (secondary N) is 1. The maximum Gasteiger partial charge on any atom is 0.407 e. The van der Waals surface area contributed by atoms with E-state index in [-0.39, 0.29) is 41.1 Å². The molecule has 0 fully saturated rings. The van der Waals surface area contributed by atoms with Crippen LogP contribution in [-0.2, 0) is 50.7 Å². The highest BCUT2D eigenvalue weighted by atomic mass is 33.1. The number of nitrogens with zero attached hydrogens (tertiary/aromatic N) is 2. The standard InChI is InChI=1S/C40H40FN3O7S2/c1-6-40(49)25-15-29-33-23(17-44(29)35(45)24(25)18-50-36(40)46)32-27(13-12-21-19(2)26(41)16-28(42-33)31(21)32)43-38(48)51-30-14-11-20-9-7-8-10-22(20)34(30)52-53-37(47)39(3,4)5/h7-10,15-16,27,30,34,49H,6,11-14,17-18H2,1-5H3,(H,43,48)/t27-,30+,34+,40-/m0/s1. The molecule has 276 valence electrons. The summed E-state index contributed by atoms with van der Waals surface area (Å²) in [5.41, 5.74) is 3.67. The van der Waals surface area contributed by atoms with Gasteiger partial charge in [0.25, 0.3) is 5.56 Å². The van der Waals surface area contributed by atoms with Gasteiger partial charge in [-0.2, -0.15) is 0 Å². The Balaban J connectivity index is 1.16. The average molecular weight is 758 g/mol. The molecule has 8 rings (SSSR count). The van der Waals surface area contributed by atoms with Gasteiger partial charge >= 0.3 is 12.1 Å². The Labute approximate surface area is 313 Å². The molecule has 2 aliphatic carbocycles. The first-order chi connectivity index (χ1) is 25.2. The number of amides is 1. The number of esters is 1. The molecule has 2 aromatic carbocycles. The maximum atomic E-state index is 15.4. The van der Waals surface area contributed by atoms with E-state index in [1.807, 2.05) is 39.0 Å². The van der Waals surface area contributed by atoms with Crippen molar-refractivity contribution in [3.05, 3.63) is 97.1 Å². The van der Waals surface area contributed by atoms with E-state index in [4.69, 9.17) is 14.5 Å². The highest BCUT2D eigenvalue weighted by Crippen LogP contribution is 2.49. The summed E-state index contributed by atoms with van der Waals surface area (Å²) in [5.74, 6) is -1.22. The summed E-state index contributed by atoms with van der Waals surface area (Å²) in [6, 6.07) is 10.5. The van der Waals surface area contributed by atoms with Gasteiger partial charge in [0.15, 0.2) is 5.60 Å². The maximum absolute atomic E-state index is 15.4. The number of halogens is 1. The van der Waals surface area contributed by atoms with E-state index >= 15 is 4.39 Å². The molecule has 53 heavy (non-hydrogen) atoms. The third kappa shape index (κ3) is 5.77. The molecular weight excluding hydrogens is 718 g/mol. The van der Waals surface area contributed by atoms with Crippen LogP contribution < -0.4 is 10.9 Å². The normalized spacial score (nSPS) is 22.7. The Bertz CT molecular complexity index is 2320. The number of alkyl carbamates (subject to hydrolysis) is 1. The Hall–Kier alpha value is -4.20. The number of carbonyl (C=O) groups excluding carboxylic acids is 3. The summed E-state index contributed by atoms with van der Waals surface area (Å²) in [4.78, 5) is 58.5. The van der Waals surface area contributed by atoms with Gasteiger partial charge in [0, 0.05) is 28.0 Å². The van der Waals surface area contributed by atoms with Gasteiger partial charge in [-0.25, -0.2) is 19.0 Å². The first-order valence-corrected chi connectivity index (χ1v) is 20.2. The summed E-state index contributed by atoms with van der Waals surface area (Å²) in [7, 11) is 2.61. The largest absolute Gasteiger partial charge is 0.458 e. The summed E-state index contributed by atoms with van der Waals surface area (Å²) in [5, 5.41) is 15.0. The van der Waals surface area contributed by atoms with E-state index in [0.717, 1.165) is 28.5 Å². The zero-order chi connectivity index (χ0) is 37.6. The lowest BCUT2D eigenvalue weighted by Crippen LogP contribution is -2.44. The van der Waals surface area contributed by atoms with E-state index in [1.54, 1.807) is 24.5 Å². The fourth-order valence-corrected chi connectivity index (χ4v) is 11.3. The molecule has 2 aromatic heterocycles. The molecule has 2 aliphatic heterocycles. The van der Waals surface area contributed by atoms with Gasteiger partial charge in [0.2, 0.25) is 5.12 Å². The Kier molecular flexibility index (Phi) is 8.77. The third-order valence-corrected chi connectivity index (χ3v) is 14.2. The second kappa shape index (κ2) is 13.0. The summed E-state index contributed by atoms with van der Waals surface area (Å²) in [6.07, 6.45) is 1.16. The lowest BCUT2D eigenvalue weighted by molar-refractivity contribution is -0.172. The smallest absolute Gasteiger partial charge is 0.407 e. The minimum absolute atomic E-state index is 0.00443. The number of fused-ring (bicyclic) bond motifs is 6. The van der Waals surface area contributed by atoms with Crippen molar-refractivity contribution in [1.29, 1.82) is 0 Å². The van der Waals surface area contributed by atoms with Crippen LogP contribution in [0.15, 0.2) is 41.2 Å². The Morgan fingerprint density at radius 1 is 1.13 bits per heavy atom. The van der Waals surface area contributed by atoms with Crippen LogP contribution >= 0.6 is 21.6 Å². The summed E-state index contributed by atoms with van der Waals surface area (Å²) in [6.45, 7) is 8.90. The molecule has 2 N–H and O–H groups in total. The number of aliphatic hydroxyl groups is 1. The highest BCUT2D eigenvalue weighted by molar-refractivity contribution is 8.82. The molecule has 4 atom stereocenters. The topological polar surface area (TPSA) is 137 Å². The van der Waals surface area contributed by atoms with Gasteiger partial charge in [0.1, 0.15) is 18.5 Å². The van der Waals surface area contributed by atoms with Crippen LogP contribution in [-0.4, -0.2) is 37.9 Å². The minimum atomic E-state index is -1.99. The monoisotopic (exact) mass is 757 g/mol. The molecule has 0 radical (unpaired) electrons. The van der Waals surface area contributed by atoms with Crippen molar-refractivity contribution in [3.8, 4) is 11.4 Å². The minimum Gasteiger partial charge on any atom is -0.458 e. The van der Waals surface area contributed by atoms with Crippen LogP contribution in [0.3, 0.4) is 0 Å².